The summed E-state index contributed by atoms with van der Waals surface area (Å²) in [7, 11) is 0. The molecule has 1 aromatic carbocycles. The maximum Gasteiger partial charge on any atom is 0.233 e. The number of aromatic nitrogens is 4. The van der Waals surface area contributed by atoms with Gasteiger partial charge in [-0.2, -0.15) is 9.94 Å². The van der Waals surface area contributed by atoms with Gasteiger partial charge in [0.2, 0.25) is 11.1 Å². The summed E-state index contributed by atoms with van der Waals surface area (Å²) in [5, 5.41) is 21.3. The first kappa shape index (κ1) is 19.6. The van der Waals surface area contributed by atoms with Gasteiger partial charge in [-0.3, -0.25) is 4.79 Å². The largest absolute Gasteiger partial charge is 0.467 e. The molecule has 0 unspecified atom stereocenters. The summed E-state index contributed by atoms with van der Waals surface area (Å²) >= 11 is 1.27. The third-order valence-electron chi connectivity index (χ3n) is 4.34. The van der Waals surface area contributed by atoms with Crippen LogP contribution >= 0.6 is 11.8 Å². The SMILES string of the molecule is Cc1cccc(-n2nnnc2SCC(=O)N(CCC#N)Cc2ccco2)c1C. The van der Waals surface area contributed by atoms with Crippen LogP contribution in [0.5, 0.6) is 0 Å². The van der Waals surface area contributed by atoms with Crippen molar-refractivity contribution >= 4 is 17.7 Å². The van der Waals surface area contributed by atoms with E-state index in [1.807, 2.05) is 32.0 Å². The lowest BCUT2D eigenvalue weighted by molar-refractivity contribution is -0.129. The van der Waals surface area contributed by atoms with E-state index in [1.165, 1.54) is 11.8 Å². The van der Waals surface area contributed by atoms with Gasteiger partial charge in [-0.25, -0.2) is 0 Å². The Morgan fingerprint density at radius 3 is 2.93 bits per heavy atom. The van der Waals surface area contributed by atoms with Crippen molar-refractivity contribution in [3.05, 3.63) is 53.5 Å². The van der Waals surface area contributed by atoms with Gasteiger partial charge < -0.3 is 9.32 Å². The van der Waals surface area contributed by atoms with Crippen molar-refractivity contribution in [1.82, 2.24) is 25.1 Å². The second-order valence-corrected chi connectivity index (χ2v) is 7.13. The maximum absolute atomic E-state index is 12.7. The number of furan rings is 1. The van der Waals surface area contributed by atoms with Gasteiger partial charge >= 0.3 is 0 Å². The van der Waals surface area contributed by atoms with Crippen LogP contribution in [-0.4, -0.2) is 43.3 Å². The Labute approximate surface area is 167 Å². The number of carbonyl (C=O) groups excluding carboxylic acids is 1. The van der Waals surface area contributed by atoms with Gasteiger partial charge in [0.25, 0.3) is 0 Å². The lowest BCUT2D eigenvalue weighted by Gasteiger charge is -2.20. The molecule has 144 valence electrons. The van der Waals surface area contributed by atoms with E-state index in [1.54, 1.807) is 28.0 Å². The molecule has 0 saturated carbocycles. The first-order valence-corrected chi connectivity index (χ1v) is 9.73. The molecule has 0 atom stereocenters. The lowest BCUT2D eigenvalue weighted by atomic mass is 10.1. The molecule has 0 aliphatic heterocycles. The van der Waals surface area contributed by atoms with Gasteiger partial charge in [0.15, 0.2) is 0 Å². The Hall–Kier alpha value is -3.12. The maximum atomic E-state index is 12.7. The predicted molar refractivity (Wildman–Crippen MR) is 104 cm³/mol. The second-order valence-electron chi connectivity index (χ2n) is 6.18. The van der Waals surface area contributed by atoms with Gasteiger partial charge in [-0.15, -0.1) is 5.10 Å². The number of tetrazole rings is 1. The third kappa shape index (κ3) is 4.58. The molecule has 28 heavy (non-hydrogen) atoms. The number of aryl methyl sites for hydroxylation is 1. The summed E-state index contributed by atoms with van der Waals surface area (Å²) in [5.41, 5.74) is 3.11. The summed E-state index contributed by atoms with van der Waals surface area (Å²) < 4.78 is 6.97. The van der Waals surface area contributed by atoms with Crippen LogP contribution in [0.4, 0.5) is 0 Å². The number of carbonyl (C=O) groups is 1. The Balaban J connectivity index is 1.71. The molecule has 0 bridgehead atoms. The first-order valence-electron chi connectivity index (χ1n) is 8.75. The monoisotopic (exact) mass is 396 g/mol. The molecule has 0 N–H and O–H groups in total. The molecule has 0 radical (unpaired) electrons. The molecule has 1 amide bonds. The fraction of sp³-hybridized carbons (Fsp3) is 0.316. The fourth-order valence-electron chi connectivity index (χ4n) is 2.67. The number of thioether (sulfide) groups is 1. The molecule has 0 saturated heterocycles. The fourth-order valence-corrected chi connectivity index (χ4v) is 3.46. The zero-order valence-corrected chi connectivity index (χ0v) is 16.5. The predicted octanol–water partition coefficient (Wildman–Crippen LogP) is 2.91. The minimum atomic E-state index is -0.104. The van der Waals surface area contributed by atoms with E-state index in [0.717, 1.165) is 16.8 Å². The van der Waals surface area contributed by atoms with Crippen molar-refractivity contribution in [3.63, 3.8) is 0 Å². The second kappa shape index (κ2) is 9.19. The zero-order chi connectivity index (χ0) is 19.9. The molecule has 0 aliphatic carbocycles. The molecular formula is C19H20N6O2S. The van der Waals surface area contributed by atoms with Crippen molar-refractivity contribution < 1.29 is 9.21 Å². The van der Waals surface area contributed by atoms with Crippen LogP contribution in [0.2, 0.25) is 0 Å². The quantitative estimate of drug-likeness (QED) is 0.540. The number of amides is 1. The molecule has 2 heterocycles. The molecular weight excluding hydrogens is 376 g/mol. The van der Waals surface area contributed by atoms with Crippen LogP contribution in [0, 0.1) is 25.2 Å². The average Bonchev–Trinajstić information content (AvgIpc) is 3.37. The van der Waals surface area contributed by atoms with Gasteiger partial charge in [0.05, 0.1) is 36.7 Å². The topological polar surface area (TPSA) is 101 Å². The normalized spacial score (nSPS) is 10.6. The standard InChI is InChI=1S/C19H20N6O2S/c1-14-6-3-8-17(15(14)2)25-19(21-22-23-25)28-13-18(26)24(10-5-9-20)12-16-7-4-11-27-16/h3-4,6-8,11H,5,10,12-13H2,1-2H3. The van der Waals surface area contributed by atoms with Crippen molar-refractivity contribution in [3.8, 4) is 11.8 Å². The van der Waals surface area contributed by atoms with Crippen LogP contribution in [0.25, 0.3) is 5.69 Å². The van der Waals surface area contributed by atoms with Crippen LogP contribution in [0.3, 0.4) is 0 Å². The summed E-state index contributed by atoms with van der Waals surface area (Å²) in [6, 6.07) is 11.6. The van der Waals surface area contributed by atoms with Crippen LogP contribution in [0.1, 0.15) is 23.3 Å². The average molecular weight is 396 g/mol. The van der Waals surface area contributed by atoms with E-state index in [0.29, 0.717) is 24.0 Å². The van der Waals surface area contributed by atoms with Crippen molar-refractivity contribution in [2.24, 2.45) is 0 Å². The molecule has 2 aromatic heterocycles. The Morgan fingerprint density at radius 1 is 1.32 bits per heavy atom. The molecule has 3 rings (SSSR count). The number of rotatable bonds is 8. The van der Waals surface area contributed by atoms with E-state index < -0.39 is 0 Å². The Bertz CT molecular complexity index is 977. The Morgan fingerprint density at radius 2 is 2.18 bits per heavy atom. The summed E-state index contributed by atoms with van der Waals surface area (Å²) in [5.74, 6) is 0.737. The van der Waals surface area contributed by atoms with E-state index in [9.17, 15) is 4.79 Å². The van der Waals surface area contributed by atoms with Crippen LogP contribution in [0.15, 0.2) is 46.2 Å². The number of benzene rings is 1. The van der Waals surface area contributed by atoms with E-state index in [2.05, 4.69) is 21.6 Å². The lowest BCUT2D eigenvalue weighted by Crippen LogP contribution is -2.32. The molecule has 9 heteroatoms. The van der Waals surface area contributed by atoms with E-state index >= 15 is 0 Å². The highest BCUT2D eigenvalue weighted by Crippen LogP contribution is 2.23. The summed E-state index contributed by atoms with van der Waals surface area (Å²) in [6.07, 6.45) is 1.83. The van der Waals surface area contributed by atoms with Gasteiger partial charge in [0, 0.05) is 6.54 Å². The van der Waals surface area contributed by atoms with Crippen molar-refractivity contribution in [2.45, 2.75) is 32.0 Å². The molecule has 0 aliphatic rings. The minimum Gasteiger partial charge on any atom is -0.467 e. The molecule has 0 spiro atoms. The number of hydrogen-bond acceptors (Lipinski definition) is 7. The smallest absolute Gasteiger partial charge is 0.233 e. The zero-order valence-electron chi connectivity index (χ0n) is 15.7. The number of nitrogens with zero attached hydrogens (tertiary/aromatic N) is 6. The molecule has 3 aromatic rings. The third-order valence-corrected chi connectivity index (χ3v) is 5.25. The van der Waals surface area contributed by atoms with Crippen molar-refractivity contribution in [1.29, 1.82) is 5.26 Å². The van der Waals surface area contributed by atoms with E-state index in [4.69, 9.17) is 9.68 Å². The molecule has 0 fully saturated rings. The molecule has 8 nitrogen and oxygen atoms in total. The van der Waals surface area contributed by atoms with Crippen LogP contribution in [-0.2, 0) is 11.3 Å². The minimum absolute atomic E-state index is 0.104. The highest BCUT2D eigenvalue weighted by molar-refractivity contribution is 7.99. The number of nitriles is 1. The Kier molecular flexibility index (Phi) is 6.45. The van der Waals surface area contributed by atoms with Crippen LogP contribution < -0.4 is 0 Å². The van der Waals surface area contributed by atoms with Gasteiger partial charge in [0.1, 0.15) is 5.76 Å². The van der Waals surface area contributed by atoms with E-state index in [-0.39, 0.29) is 18.1 Å². The van der Waals surface area contributed by atoms with Crippen molar-refractivity contribution in [2.75, 3.05) is 12.3 Å². The van der Waals surface area contributed by atoms with Gasteiger partial charge in [-0.05, 0) is 53.6 Å². The highest BCUT2D eigenvalue weighted by atomic mass is 32.2. The summed E-state index contributed by atoms with van der Waals surface area (Å²) in [6.45, 7) is 4.72. The highest BCUT2D eigenvalue weighted by Gasteiger charge is 2.18. The number of hydrogen-bond donors (Lipinski definition) is 0. The van der Waals surface area contributed by atoms with Gasteiger partial charge in [-0.1, -0.05) is 23.9 Å². The first-order chi connectivity index (χ1) is 13.6. The summed E-state index contributed by atoms with van der Waals surface area (Å²) in [4.78, 5) is 14.3.